The van der Waals surface area contributed by atoms with E-state index in [2.05, 4.69) is 46.6 Å². The van der Waals surface area contributed by atoms with Crippen molar-refractivity contribution in [1.82, 2.24) is 20.4 Å². The van der Waals surface area contributed by atoms with Crippen molar-refractivity contribution in [2.45, 2.75) is 26.7 Å². The predicted octanol–water partition coefficient (Wildman–Crippen LogP) is 3.49. The molecule has 0 bridgehead atoms. The molecule has 1 aliphatic heterocycles. The molecule has 6 heteroatoms. The highest BCUT2D eigenvalue weighted by molar-refractivity contribution is 7.18. The molecule has 0 amide bonds. The third-order valence-corrected chi connectivity index (χ3v) is 5.60. The Bertz CT molecular complexity index is 833. The first-order valence-electron chi connectivity index (χ1n) is 8.33. The van der Waals surface area contributed by atoms with Gasteiger partial charge in [-0.25, -0.2) is 4.98 Å². The molecule has 124 valence electrons. The average Bonchev–Trinajstić information content (AvgIpc) is 3.17. The molecule has 1 aromatic carbocycles. The topological polar surface area (TPSA) is 63.8 Å². The number of nitrogens with zero attached hydrogens (tertiary/aromatic N) is 3. The standard InChI is InChI=1S/C18H20N4OS/c1-3-12-4-6-14(7-5-12)18-20-11(2)16(24-18)17-21-15(22-23-17)8-13-9-19-10-13/h4-7,13,19H,3,8-10H2,1-2H3. The summed E-state index contributed by atoms with van der Waals surface area (Å²) in [6.07, 6.45) is 1.92. The fourth-order valence-electron chi connectivity index (χ4n) is 2.78. The smallest absolute Gasteiger partial charge is 0.269 e. The van der Waals surface area contributed by atoms with E-state index >= 15 is 0 Å². The maximum atomic E-state index is 5.48. The molecule has 3 aromatic rings. The van der Waals surface area contributed by atoms with E-state index in [-0.39, 0.29) is 0 Å². The van der Waals surface area contributed by atoms with E-state index in [4.69, 9.17) is 9.51 Å². The van der Waals surface area contributed by atoms with Crippen LogP contribution in [0.1, 0.15) is 24.0 Å². The summed E-state index contributed by atoms with van der Waals surface area (Å²) < 4.78 is 5.48. The molecule has 0 radical (unpaired) electrons. The van der Waals surface area contributed by atoms with Crippen molar-refractivity contribution in [3.05, 3.63) is 41.3 Å². The number of hydrogen-bond acceptors (Lipinski definition) is 6. The summed E-state index contributed by atoms with van der Waals surface area (Å²) in [6, 6.07) is 8.57. The summed E-state index contributed by atoms with van der Waals surface area (Å²) in [5, 5.41) is 8.38. The number of benzene rings is 1. The fourth-order valence-corrected chi connectivity index (χ4v) is 3.77. The lowest BCUT2D eigenvalue weighted by Crippen LogP contribution is -2.43. The minimum Gasteiger partial charge on any atom is -0.333 e. The fraction of sp³-hybridized carbons (Fsp3) is 0.389. The molecule has 1 fully saturated rings. The maximum absolute atomic E-state index is 5.48. The van der Waals surface area contributed by atoms with Crippen molar-refractivity contribution in [2.24, 2.45) is 5.92 Å². The van der Waals surface area contributed by atoms with Gasteiger partial charge in [0.25, 0.3) is 5.89 Å². The van der Waals surface area contributed by atoms with Crippen molar-refractivity contribution in [1.29, 1.82) is 0 Å². The highest BCUT2D eigenvalue weighted by Crippen LogP contribution is 2.34. The number of nitrogens with one attached hydrogen (secondary N) is 1. The average molecular weight is 340 g/mol. The van der Waals surface area contributed by atoms with Gasteiger partial charge in [0.2, 0.25) is 0 Å². The number of rotatable bonds is 5. The van der Waals surface area contributed by atoms with Crippen LogP contribution < -0.4 is 5.32 Å². The minimum atomic E-state index is 0.587. The van der Waals surface area contributed by atoms with E-state index < -0.39 is 0 Å². The van der Waals surface area contributed by atoms with E-state index in [0.29, 0.717) is 11.8 Å². The van der Waals surface area contributed by atoms with Crippen molar-refractivity contribution in [3.63, 3.8) is 0 Å². The Balaban J connectivity index is 1.58. The van der Waals surface area contributed by atoms with Crippen LogP contribution in [0.4, 0.5) is 0 Å². The third-order valence-electron chi connectivity index (χ3n) is 4.41. The lowest BCUT2D eigenvalue weighted by Gasteiger charge is -2.25. The number of aromatic nitrogens is 3. The molecular weight excluding hydrogens is 320 g/mol. The third kappa shape index (κ3) is 2.99. The molecule has 1 saturated heterocycles. The quantitative estimate of drug-likeness (QED) is 0.770. The SMILES string of the molecule is CCc1ccc(-c2nc(C)c(-c3nc(CC4CNC4)no3)s2)cc1. The molecule has 2 aromatic heterocycles. The lowest BCUT2D eigenvalue weighted by molar-refractivity contribution is 0.333. The predicted molar refractivity (Wildman–Crippen MR) is 95.0 cm³/mol. The Morgan fingerprint density at radius 2 is 2.00 bits per heavy atom. The van der Waals surface area contributed by atoms with Crippen LogP contribution in [0.25, 0.3) is 21.3 Å². The second kappa shape index (κ2) is 6.45. The lowest BCUT2D eigenvalue weighted by atomic mass is 9.99. The Labute approximate surface area is 145 Å². The van der Waals surface area contributed by atoms with Crippen LogP contribution in [-0.4, -0.2) is 28.2 Å². The summed E-state index contributed by atoms with van der Waals surface area (Å²) >= 11 is 1.61. The van der Waals surface area contributed by atoms with Crippen molar-refractivity contribution < 1.29 is 4.52 Å². The van der Waals surface area contributed by atoms with Crippen molar-refractivity contribution in [3.8, 4) is 21.3 Å². The normalized spacial score (nSPS) is 14.8. The van der Waals surface area contributed by atoms with Gasteiger partial charge in [-0.3, -0.25) is 0 Å². The molecule has 0 saturated carbocycles. The molecule has 1 aliphatic rings. The molecule has 5 nitrogen and oxygen atoms in total. The van der Waals surface area contributed by atoms with Crippen LogP contribution in [0.5, 0.6) is 0 Å². The van der Waals surface area contributed by atoms with Gasteiger partial charge < -0.3 is 9.84 Å². The Morgan fingerprint density at radius 3 is 2.67 bits per heavy atom. The highest BCUT2D eigenvalue weighted by atomic mass is 32.1. The summed E-state index contributed by atoms with van der Waals surface area (Å²) in [4.78, 5) is 10.2. The van der Waals surface area contributed by atoms with Crippen LogP contribution in [0.3, 0.4) is 0 Å². The van der Waals surface area contributed by atoms with Gasteiger partial charge in [-0.15, -0.1) is 11.3 Å². The second-order valence-corrected chi connectivity index (χ2v) is 7.23. The monoisotopic (exact) mass is 340 g/mol. The first kappa shape index (κ1) is 15.5. The number of aryl methyl sites for hydroxylation is 2. The molecule has 24 heavy (non-hydrogen) atoms. The first-order chi connectivity index (χ1) is 11.7. The molecule has 0 unspecified atom stereocenters. The van der Waals surface area contributed by atoms with E-state index in [0.717, 1.165) is 52.9 Å². The number of thiazole rings is 1. The van der Waals surface area contributed by atoms with Gasteiger partial charge in [-0.2, -0.15) is 4.98 Å². The first-order valence-corrected chi connectivity index (χ1v) is 9.15. The molecule has 0 atom stereocenters. The largest absolute Gasteiger partial charge is 0.333 e. The summed E-state index contributed by atoms with van der Waals surface area (Å²) in [6.45, 7) is 6.24. The van der Waals surface area contributed by atoms with Crippen LogP contribution >= 0.6 is 11.3 Å². The highest BCUT2D eigenvalue weighted by Gasteiger charge is 2.22. The van der Waals surface area contributed by atoms with E-state index in [1.807, 2.05) is 6.92 Å². The maximum Gasteiger partial charge on any atom is 0.269 e. The van der Waals surface area contributed by atoms with Crippen LogP contribution in [0.15, 0.2) is 28.8 Å². The van der Waals surface area contributed by atoms with Crippen molar-refractivity contribution in [2.75, 3.05) is 13.1 Å². The zero-order chi connectivity index (χ0) is 16.5. The van der Waals surface area contributed by atoms with E-state index in [9.17, 15) is 0 Å². The van der Waals surface area contributed by atoms with Crippen LogP contribution in [-0.2, 0) is 12.8 Å². The summed E-state index contributed by atoms with van der Waals surface area (Å²) in [5.74, 6) is 2.01. The number of hydrogen-bond donors (Lipinski definition) is 1. The van der Waals surface area contributed by atoms with Gasteiger partial charge >= 0.3 is 0 Å². The zero-order valence-corrected chi connectivity index (χ0v) is 14.7. The molecule has 0 spiro atoms. The molecule has 0 aliphatic carbocycles. The minimum absolute atomic E-state index is 0.587. The molecule has 1 N–H and O–H groups in total. The summed E-state index contributed by atoms with van der Waals surface area (Å²) in [5.41, 5.74) is 3.40. The Kier molecular flexibility index (Phi) is 4.16. The molecule has 4 rings (SSSR count). The van der Waals surface area contributed by atoms with Crippen LogP contribution in [0.2, 0.25) is 0 Å². The Hall–Kier alpha value is -2.05. The second-order valence-electron chi connectivity index (χ2n) is 6.23. The molecule has 3 heterocycles. The molecular formula is C18H20N4OS. The van der Waals surface area contributed by atoms with Gasteiger partial charge in [0, 0.05) is 12.0 Å². The van der Waals surface area contributed by atoms with Gasteiger partial charge in [-0.05, 0) is 37.9 Å². The zero-order valence-electron chi connectivity index (χ0n) is 13.9. The van der Waals surface area contributed by atoms with Gasteiger partial charge in [0.15, 0.2) is 5.82 Å². The van der Waals surface area contributed by atoms with Gasteiger partial charge in [0.1, 0.15) is 9.88 Å². The van der Waals surface area contributed by atoms with Crippen LogP contribution in [0, 0.1) is 12.8 Å². The van der Waals surface area contributed by atoms with E-state index in [1.165, 1.54) is 5.56 Å². The van der Waals surface area contributed by atoms with Gasteiger partial charge in [0.05, 0.1) is 5.69 Å². The summed E-state index contributed by atoms with van der Waals surface area (Å²) in [7, 11) is 0. The van der Waals surface area contributed by atoms with Crippen molar-refractivity contribution >= 4 is 11.3 Å². The van der Waals surface area contributed by atoms with E-state index in [1.54, 1.807) is 11.3 Å². The van der Waals surface area contributed by atoms with Gasteiger partial charge in [-0.1, -0.05) is 36.3 Å². The Morgan fingerprint density at radius 1 is 1.21 bits per heavy atom.